The van der Waals surface area contributed by atoms with Crippen LogP contribution in [0.4, 0.5) is 0 Å². The maximum absolute atomic E-state index is 13.9. The molecule has 0 aliphatic heterocycles. The third kappa shape index (κ3) is 6.67. The van der Waals surface area contributed by atoms with E-state index in [1.165, 1.54) is 5.56 Å². The predicted molar refractivity (Wildman–Crippen MR) is 172 cm³/mol. The van der Waals surface area contributed by atoms with Gasteiger partial charge >= 0.3 is 5.97 Å². The third-order valence-corrected chi connectivity index (χ3v) is 9.98. The van der Waals surface area contributed by atoms with Crippen LogP contribution in [0.5, 0.6) is 11.5 Å². The number of phenols is 1. The number of aryl methyl sites for hydroxylation is 1. The molecule has 2 aromatic rings. The number of aromatic hydroxyl groups is 1. The molecule has 0 spiro atoms. The van der Waals surface area contributed by atoms with Gasteiger partial charge in [-0.1, -0.05) is 115 Å². The van der Waals surface area contributed by atoms with Gasteiger partial charge in [0.15, 0.2) is 11.5 Å². The fourth-order valence-electron chi connectivity index (χ4n) is 4.91. The summed E-state index contributed by atoms with van der Waals surface area (Å²) in [5, 5.41) is 11.4. The van der Waals surface area contributed by atoms with E-state index in [1.807, 2.05) is 6.07 Å². The van der Waals surface area contributed by atoms with E-state index in [-0.39, 0.29) is 33.2 Å². The molecule has 0 heterocycles. The summed E-state index contributed by atoms with van der Waals surface area (Å²) in [7, 11) is 0. The van der Waals surface area contributed by atoms with E-state index >= 15 is 0 Å². The molecular weight excluding hydrogens is 492 g/mol. The average molecular weight is 549 g/mol. The van der Waals surface area contributed by atoms with E-state index in [0.29, 0.717) is 5.57 Å². The third-order valence-electron chi connectivity index (χ3n) is 9.98. The highest BCUT2D eigenvalue weighted by molar-refractivity contribution is 6.17. The zero-order chi connectivity index (χ0) is 30.8. The molecule has 0 amide bonds. The summed E-state index contributed by atoms with van der Waals surface area (Å²) in [6.45, 7) is 32.7. The van der Waals surface area contributed by atoms with Gasteiger partial charge in [-0.3, -0.25) is 0 Å². The van der Waals surface area contributed by atoms with Gasteiger partial charge in [0.1, 0.15) is 0 Å². The van der Waals surface area contributed by atoms with Crippen molar-refractivity contribution in [3.05, 3.63) is 64.2 Å². The van der Waals surface area contributed by atoms with Crippen LogP contribution >= 0.6 is 0 Å². The Hall–Kier alpha value is -2.55. The standard InChI is InChI=1S/C37H56O3/c1-15-25-20-26(34(7,8)16-2)21-28(36(11,12)18-4)31(25)24(6)33(39)40-30-23-27(35(9,10)17-3)22-29(32(30)38)37(13,14)19-5/h20-23,38H,6,15-19H2,1-5,7-14H3. The summed E-state index contributed by atoms with van der Waals surface area (Å²) in [6.07, 6.45) is 4.48. The first-order valence-electron chi connectivity index (χ1n) is 15.3. The van der Waals surface area contributed by atoms with Crippen LogP contribution in [0.1, 0.15) is 149 Å². The minimum absolute atomic E-state index is 0.0175. The molecule has 0 saturated heterocycles. The Kier molecular flexibility index (Phi) is 10.2. The number of rotatable bonds is 12. The molecule has 3 nitrogen and oxygen atoms in total. The fourth-order valence-corrected chi connectivity index (χ4v) is 4.91. The van der Waals surface area contributed by atoms with Gasteiger partial charge in [-0.2, -0.15) is 0 Å². The predicted octanol–water partition coefficient (Wildman–Crippen LogP) is 10.3. The zero-order valence-electron chi connectivity index (χ0n) is 27.8. The van der Waals surface area contributed by atoms with E-state index in [2.05, 4.69) is 115 Å². The van der Waals surface area contributed by atoms with E-state index in [9.17, 15) is 9.90 Å². The Morgan fingerprint density at radius 2 is 1.12 bits per heavy atom. The molecule has 0 aliphatic carbocycles. The van der Waals surface area contributed by atoms with Gasteiger partial charge in [-0.05, 0) is 87.6 Å². The van der Waals surface area contributed by atoms with Gasteiger partial charge in [0, 0.05) is 5.56 Å². The molecule has 0 bridgehead atoms. The van der Waals surface area contributed by atoms with Crippen molar-refractivity contribution >= 4 is 11.5 Å². The van der Waals surface area contributed by atoms with Crippen molar-refractivity contribution in [2.75, 3.05) is 0 Å². The Morgan fingerprint density at radius 1 is 0.700 bits per heavy atom. The van der Waals surface area contributed by atoms with Crippen molar-refractivity contribution in [3.8, 4) is 11.5 Å². The quantitative estimate of drug-likeness (QED) is 0.163. The van der Waals surface area contributed by atoms with Crippen molar-refractivity contribution in [2.24, 2.45) is 0 Å². The number of phenolic OH excluding ortho intramolecular Hbond substituents is 1. The Morgan fingerprint density at radius 3 is 1.57 bits per heavy atom. The highest BCUT2D eigenvalue weighted by Gasteiger charge is 2.33. The minimum atomic E-state index is -0.521. The maximum atomic E-state index is 13.9. The van der Waals surface area contributed by atoms with E-state index in [1.54, 1.807) is 0 Å². The molecule has 3 heteroatoms. The number of esters is 1. The Bertz CT molecular complexity index is 1240. The van der Waals surface area contributed by atoms with Crippen LogP contribution in [-0.2, 0) is 32.9 Å². The molecule has 0 fully saturated rings. The van der Waals surface area contributed by atoms with Crippen LogP contribution in [0.2, 0.25) is 0 Å². The number of carbonyl (C=O) groups excluding carboxylic acids is 1. The van der Waals surface area contributed by atoms with Crippen molar-refractivity contribution in [2.45, 2.75) is 144 Å². The lowest BCUT2D eigenvalue weighted by atomic mass is 9.72. The van der Waals surface area contributed by atoms with Gasteiger partial charge < -0.3 is 9.84 Å². The number of hydrogen-bond donors (Lipinski definition) is 1. The van der Waals surface area contributed by atoms with Gasteiger partial charge in [-0.25, -0.2) is 4.79 Å². The highest BCUT2D eigenvalue weighted by atomic mass is 16.5. The summed E-state index contributed by atoms with van der Waals surface area (Å²) < 4.78 is 6.05. The normalized spacial score (nSPS) is 12.9. The summed E-state index contributed by atoms with van der Waals surface area (Å²) in [6, 6.07) is 8.45. The van der Waals surface area contributed by atoms with Crippen molar-refractivity contribution < 1.29 is 14.6 Å². The van der Waals surface area contributed by atoms with Crippen LogP contribution in [0.25, 0.3) is 5.57 Å². The van der Waals surface area contributed by atoms with Crippen molar-refractivity contribution in [1.29, 1.82) is 0 Å². The van der Waals surface area contributed by atoms with E-state index < -0.39 is 5.97 Å². The lowest BCUT2D eigenvalue weighted by molar-refractivity contribution is -0.128. The summed E-state index contributed by atoms with van der Waals surface area (Å²) in [4.78, 5) is 13.9. The second kappa shape index (κ2) is 12.1. The number of ether oxygens (including phenoxy) is 1. The van der Waals surface area contributed by atoms with Crippen molar-refractivity contribution in [1.82, 2.24) is 0 Å². The number of benzene rings is 2. The molecule has 0 aromatic heterocycles. The Labute approximate surface area is 245 Å². The van der Waals surface area contributed by atoms with Gasteiger partial charge in [0.2, 0.25) is 0 Å². The van der Waals surface area contributed by atoms with Crippen LogP contribution in [-0.4, -0.2) is 11.1 Å². The first-order valence-corrected chi connectivity index (χ1v) is 15.3. The molecule has 0 saturated carbocycles. The first-order chi connectivity index (χ1) is 18.3. The lowest BCUT2D eigenvalue weighted by Gasteiger charge is -2.33. The second-order valence-corrected chi connectivity index (χ2v) is 14.1. The Balaban J connectivity index is 2.75. The van der Waals surface area contributed by atoms with Crippen molar-refractivity contribution in [3.63, 3.8) is 0 Å². The topological polar surface area (TPSA) is 46.5 Å². The summed E-state index contributed by atoms with van der Waals surface area (Å²) in [5.74, 6) is -0.277. The fraction of sp³-hybridized carbons (Fsp3) is 0.595. The largest absolute Gasteiger partial charge is 0.504 e. The summed E-state index contributed by atoms with van der Waals surface area (Å²) in [5.41, 5.74) is 6.03. The number of carbonyl (C=O) groups is 1. The highest BCUT2D eigenvalue weighted by Crippen LogP contribution is 2.45. The molecule has 222 valence electrons. The minimum Gasteiger partial charge on any atom is -0.504 e. The molecule has 0 aliphatic rings. The molecule has 2 rings (SSSR count). The molecule has 0 unspecified atom stereocenters. The molecule has 40 heavy (non-hydrogen) atoms. The monoisotopic (exact) mass is 548 g/mol. The van der Waals surface area contributed by atoms with Crippen LogP contribution < -0.4 is 4.74 Å². The van der Waals surface area contributed by atoms with E-state index in [4.69, 9.17) is 4.74 Å². The lowest BCUT2D eigenvalue weighted by Crippen LogP contribution is -2.25. The SMILES string of the molecule is C=C(C(=O)Oc1cc(C(C)(C)CC)cc(C(C)(C)CC)c1O)c1c(CC)cc(C(C)(C)CC)cc1C(C)(C)CC. The zero-order valence-corrected chi connectivity index (χ0v) is 27.8. The molecule has 2 aromatic carbocycles. The first kappa shape index (κ1) is 33.7. The molecule has 0 radical (unpaired) electrons. The molecule has 1 N–H and O–H groups in total. The van der Waals surface area contributed by atoms with Crippen LogP contribution in [0.3, 0.4) is 0 Å². The van der Waals surface area contributed by atoms with Crippen LogP contribution in [0, 0.1) is 0 Å². The smallest absolute Gasteiger partial charge is 0.343 e. The van der Waals surface area contributed by atoms with Gasteiger partial charge in [0.25, 0.3) is 0 Å². The second-order valence-electron chi connectivity index (χ2n) is 14.1. The summed E-state index contributed by atoms with van der Waals surface area (Å²) >= 11 is 0. The number of hydrogen-bond acceptors (Lipinski definition) is 3. The average Bonchev–Trinajstić information content (AvgIpc) is 2.92. The van der Waals surface area contributed by atoms with Gasteiger partial charge in [-0.15, -0.1) is 0 Å². The van der Waals surface area contributed by atoms with Gasteiger partial charge in [0.05, 0.1) is 5.57 Å². The van der Waals surface area contributed by atoms with Crippen LogP contribution in [0.15, 0.2) is 30.8 Å². The molecule has 0 atom stereocenters. The maximum Gasteiger partial charge on any atom is 0.343 e. The molecular formula is C37H56O3. The van der Waals surface area contributed by atoms with E-state index in [0.717, 1.165) is 59.9 Å².